The average Bonchev–Trinajstić information content (AvgIpc) is 2.72. The lowest BCUT2D eigenvalue weighted by molar-refractivity contribution is 0.0637. The summed E-state index contributed by atoms with van der Waals surface area (Å²) in [7, 11) is 0. The first-order valence-electron chi connectivity index (χ1n) is 9.38. The Morgan fingerprint density at radius 1 is 1.07 bits per heavy atom. The number of likely N-dealkylation sites (N-methyl/N-ethyl adjacent to an activating group) is 1. The van der Waals surface area contributed by atoms with Crippen LogP contribution < -0.4 is 5.32 Å². The molecule has 1 saturated heterocycles. The molecule has 1 aromatic carbocycles. The van der Waals surface area contributed by atoms with Gasteiger partial charge in [0, 0.05) is 44.5 Å². The lowest BCUT2D eigenvalue weighted by Crippen LogP contribution is -2.48. The second-order valence-electron chi connectivity index (χ2n) is 6.82. The van der Waals surface area contributed by atoms with E-state index < -0.39 is 0 Å². The van der Waals surface area contributed by atoms with Crippen LogP contribution in [-0.4, -0.2) is 59.3 Å². The van der Waals surface area contributed by atoms with Crippen LogP contribution in [0, 0.1) is 6.92 Å². The third-order valence-corrected chi connectivity index (χ3v) is 4.92. The topological polar surface area (TPSA) is 65.5 Å². The first kappa shape index (κ1) is 19.0. The van der Waals surface area contributed by atoms with Crippen molar-refractivity contribution in [1.82, 2.24) is 20.1 Å². The molecular formula is C21H26N4O2. The van der Waals surface area contributed by atoms with E-state index in [1.165, 1.54) is 11.8 Å². The van der Waals surface area contributed by atoms with Crippen molar-refractivity contribution in [1.29, 1.82) is 0 Å². The van der Waals surface area contributed by atoms with Crippen molar-refractivity contribution in [3.8, 4) is 0 Å². The van der Waals surface area contributed by atoms with Crippen LogP contribution in [0.5, 0.6) is 0 Å². The number of aryl methyl sites for hydroxylation is 1. The maximum Gasteiger partial charge on any atom is 0.272 e. The summed E-state index contributed by atoms with van der Waals surface area (Å²) in [6.07, 6.45) is 1.52. The summed E-state index contributed by atoms with van der Waals surface area (Å²) in [5.41, 5.74) is 2.99. The number of benzene rings is 1. The van der Waals surface area contributed by atoms with E-state index in [-0.39, 0.29) is 11.8 Å². The van der Waals surface area contributed by atoms with Crippen molar-refractivity contribution < 1.29 is 9.59 Å². The van der Waals surface area contributed by atoms with Gasteiger partial charge in [0.2, 0.25) is 0 Å². The zero-order chi connectivity index (χ0) is 19.2. The molecule has 0 unspecified atom stereocenters. The molecule has 0 saturated carbocycles. The Hall–Kier alpha value is -2.73. The van der Waals surface area contributed by atoms with E-state index in [0.717, 1.165) is 25.2 Å². The Kier molecular flexibility index (Phi) is 6.19. The number of piperazine rings is 1. The highest BCUT2D eigenvalue weighted by molar-refractivity contribution is 5.98. The van der Waals surface area contributed by atoms with E-state index in [1.54, 1.807) is 12.1 Å². The van der Waals surface area contributed by atoms with Crippen LogP contribution in [0.25, 0.3) is 0 Å². The number of rotatable bonds is 5. The highest BCUT2D eigenvalue weighted by Gasteiger charge is 2.22. The van der Waals surface area contributed by atoms with E-state index in [4.69, 9.17) is 0 Å². The van der Waals surface area contributed by atoms with Crippen LogP contribution in [0.4, 0.5) is 0 Å². The first-order chi connectivity index (χ1) is 13.1. The highest BCUT2D eigenvalue weighted by Crippen LogP contribution is 2.10. The molecule has 2 aromatic rings. The number of carbonyl (C=O) groups excluding carboxylic acids is 2. The predicted molar refractivity (Wildman–Crippen MR) is 105 cm³/mol. The molecule has 0 spiro atoms. The number of amides is 2. The number of pyridine rings is 1. The molecule has 0 atom stereocenters. The number of nitrogens with zero attached hydrogens (tertiary/aromatic N) is 3. The van der Waals surface area contributed by atoms with Crippen LogP contribution >= 0.6 is 0 Å². The van der Waals surface area contributed by atoms with Crippen LogP contribution in [0.3, 0.4) is 0 Å². The lowest BCUT2D eigenvalue weighted by atomic mass is 10.1. The van der Waals surface area contributed by atoms with Gasteiger partial charge in [0.1, 0.15) is 5.69 Å². The highest BCUT2D eigenvalue weighted by atomic mass is 16.2. The average molecular weight is 366 g/mol. The molecule has 1 aliphatic heterocycles. The minimum Gasteiger partial charge on any atom is -0.348 e. The maximum absolute atomic E-state index is 12.7. The molecule has 0 bridgehead atoms. The van der Waals surface area contributed by atoms with Gasteiger partial charge in [-0.1, -0.05) is 36.8 Å². The lowest BCUT2D eigenvalue weighted by Gasteiger charge is -2.33. The van der Waals surface area contributed by atoms with E-state index in [9.17, 15) is 9.59 Å². The molecule has 1 N–H and O–H groups in total. The molecule has 0 aliphatic carbocycles. The van der Waals surface area contributed by atoms with Crippen LogP contribution in [-0.2, 0) is 6.54 Å². The third-order valence-electron chi connectivity index (χ3n) is 4.92. The van der Waals surface area contributed by atoms with E-state index in [1.807, 2.05) is 36.1 Å². The molecular weight excluding hydrogens is 340 g/mol. The van der Waals surface area contributed by atoms with E-state index >= 15 is 0 Å². The summed E-state index contributed by atoms with van der Waals surface area (Å²) in [5.74, 6) is -0.318. The Bertz CT molecular complexity index is 796. The quantitative estimate of drug-likeness (QED) is 0.880. The number of hydrogen-bond acceptors (Lipinski definition) is 4. The molecule has 1 aromatic heterocycles. The van der Waals surface area contributed by atoms with Crippen LogP contribution in [0.2, 0.25) is 0 Å². The number of aromatic nitrogens is 1. The molecule has 142 valence electrons. The van der Waals surface area contributed by atoms with Gasteiger partial charge in [0.15, 0.2) is 0 Å². The van der Waals surface area contributed by atoms with Gasteiger partial charge in [-0.25, -0.2) is 0 Å². The second-order valence-corrected chi connectivity index (χ2v) is 6.82. The predicted octanol–water partition coefficient (Wildman–Crippen LogP) is 2.10. The molecule has 2 amide bonds. The first-order valence-corrected chi connectivity index (χ1v) is 9.38. The normalized spacial score (nSPS) is 14.8. The molecule has 0 radical (unpaired) electrons. The fourth-order valence-corrected chi connectivity index (χ4v) is 3.11. The molecule has 2 heterocycles. The standard InChI is InChI=1S/C21H26N4O2/c1-3-24-10-12-25(13-11-24)21(27)19-14-18(8-9-22-19)20(26)23-15-17-6-4-16(2)5-7-17/h4-9,14H,3,10-13,15H2,1-2H3,(H,23,26). The van der Waals surface area contributed by atoms with Gasteiger partial charge < -0.3 is 15.1 Å². The molecule has 3 rings (SSSR count). The van der Waals surface area contributed by atoms with Crippen molar-refractivity contribution in [2.75, 3.05) is 32.7 Å². The van der Waals surface area contributed by atoms with Crippen LogP contribution in [0.15, 0.2) is 42.6 Å². The van der Waals surface area contributed by atoms with Crippen molar-refractivity contribution in [2.24, 2.45) is 0 Å². The summed E-state index contributed by atoms with van der Waals surface area (Å²) in [6, 6.07) is 11.2. The number of nitrogens with one attached hydrogen (secondary N) is 1. The molecule has 27 heavy (non-hydrogen) atoms. The van der Waals surface area contributed by atoms with Crippen molar-refractivity contribution in [3.63, 3.8) is 0 Å². The van der Waals surface area contributed by atoms with Gasteiger partial charge in [0.05, 0.1) is 0 Å². The summed E-state index contributed by atoms with van der Waals surface area (Å²) in [4.78, 5) is 33.4. The Morgan fingerprint density at radius 3 is 2.44 bits per heavy atom. The maximum atomic E-state index is 12.7. The second kappa shape index (κ2) is 8.77. The summed E-state index contributed by atoms with van der Waals surface area (Å²) >= 11 is 0. The molecule has 1 fully saturated rings. The fourth-order valence-electron chi connectivity index (χ4n) is 3.11. The van der Waals surface area contributed by atoms with Crippen molar-refractivity contribution >= 4 is 11.8 Å². The molecule has 6 heteroatoms. The van der Waals surface area contributed by atoms with Crippen molar-refractivity contribution in [3.05, 3.63) is 65.0 Å². The van der Waals surface area contributed by atoms with Gasteiger partial charge in [0.25, 0.3) is 11.8 Å². The Labute approximate surface area is 160 Å². The zero-order valence-corrected chi connectivity index (χ0v) is 15.9. The largest absolute Gasteiger partial charge is 0.348 e. The van der Waals surface area contributed by atoms with Crippen LogP contribution in [0.1, 0.15) is 38.9 Å². The Morgan fingerprint density at radius 2 is 1.78 bits per heavy atom. The summed E-state index contributed by atoms with van der Waals surface area (Å²) in [5, 5.41) is 2.90. The monoisotopic (exact) mass is 366 g/mol. The molecule has 6 nitrogen and oxygen atoms in total. The minimum absolute atomic E-state index is 0.112. The SMILES string of the molecule is CCN1CCN(C(=O)c2cc(C(=O)NCc3ccc(C)cc3)ccn2)CC1. The smallest absolute Gasteiger partial charge is 0.272 e. The summed E-state index contributed by atoms with van der Waals surface area (Å²) in [6.45, 7) is 8.73. The third kappa shape index (κ3) is 4.92. The van der Waals surface area contributed by atoms with E-state index in [0.29, 0.717) is 30.9 Å². The number of hydrogen-bond donors (Lipinski definition) is 1. The Balaban J connectivity index is 1.61. The van der Waals surface area contributed by atoms with Gasteiger partial charge in [-0.05, 0) is 31.2 Å². The summed E-state index contributed by atoms with van der Waals surface area (Å²) < 4.78 is 0. The minimum atomic E-state index is -0.206. The van der Waals surface area contributed by atoms with Gasteiger partial charge in [-0.3, -0.25) is 14.6 Å². The van der Waals surface area contributed by atoms with E-state index in [2.05, 4.69) is 22.1 Å². The number of carbonyl (C=O) groups is 2. The van der Waals surface area contributed by atoms with Gasteiger partial charge in [-0.2, -0.15) is 0 Å². The fraction of sp³-hybridized carbons (Fsp3) is 0.381. The van der Waals surface area contributed by atoms with Gasteiger partial charge in [-0.15, -0.1) is 0 Å². The molecule has 1 aliphatic rings. The van der Waals surface area contributed by atoms with Crippen molar-refractivity contribution in [2.45, 2.75) is 20.4 Å². The zero-order valence-electron chi connectivity index (χ0n) is 15.9. The van der Waals surface area contributed by atoms with Gasteiger partial charge >= 0.3 is 0 Å².